The number of alkyl halides is 3. The molecule has 3 aromatic heterocycles. The highest BCUT2D eigenvalue weighted by Crippen LogP contribution is 2.38. The number of aromatic nitrogens is 6. The molecule has 9 nitrogen and oxygen atoms in total. The van der Waals surface area contributed by atoms with Crippen molar-refractivity contribution < 1.29 is 22.5 Å². The number of aryl methyl sites for hydroxylation is 1. The Morgan fingerprint density at radius 1 is 1.31 bits per heavy atom. The second kappa shape index (κ2) is 7.54. The second-order valence-electron chi connectivity index (χ2n) is 6.61. The smallest absolute Gasteiger partial charge is 0.350 e. The highest BCUT2D eigenvalue weighted by molar-refractivity contribution is 9.10. The van der Waals surface area contributed by atoms with E-state index in [4.69, 9.17) is 4.52 Å². The fraction of sp³-hybridized carbons (Fsp3) is 0.375. The average Bonchev–Trinajstić information content (AvgIpc) is 3.31. The maximum absolute atomic E-state index is 13.1. The number of nitrogens with one attached hydrogen (secondary N) is 2. The van der Waals surface area contributed by atoms with Gasteiger partial charge in [0.2, 0.25) is 5.76 Å². The molecule has 2 N–H and O–H groups in total. The van der Waals surface area contributed by atoms with Crippen molar-refractivity contribution >= 4 is 21.8 Å². The van der Waals surface area contributed by atoms with Crippen LogP contribution in [0.4, 0.5) is 13.2 Å². The lowest BCUT2D eigenvalue weighted by molar-refractivity contribution is -0.182. The Kier molecular flexibility index (Phi) is 5.43. The molecule has 3 heterocycles. The van der Waals surface area contributed by atoms with Gasteiger partial charge in [-0.25, -0.2) is 15.0 Å². The Labute approximate surface area is 170 Å². The number of amides is 1. The summed E-state index contributed by atoms with van der Waals surface area (Å²) in [7, 11) is 0. The van der Waals surface area contributed by atoms with Gasteiger partial charge < -0.3 is 9.84 Å². The van der Waals surface area contributed by atoms with Gasteiger partial charge >= 0.3 is 6.18 Å². The molecule has 154 valence electrons. The quantitative estimate of drug-likeness (QED) is 0.583. The summed E-state index contributed by atoms with van der Waals surface area (Å²) in [5, 5.41) is 12.2. The van der Waals surface area contributed by atoms with E-state index in [-0.39, 0.29) is 29.6 Å². The molecule has 0 saturated carbocycles. The molecule has 0 aliphatic rings. The molecule has 0 unspecified atom stereocenters. The van der Waals surface area contributed by atoms with Crippen LogP contribution in [0.3, 0.4) is 0 Å². The highest BCUT2D eigenvalue weighted by Gasteiger charge is 2.51. The van der Waals surface area contributed by atoms with Crippen LogP contribution in [0.1, 0.15) is 41.7 Å². The van der Waals surface area contributed by atoms with E-state index < -0.39 is 23.3 Å². The van der Waals surface area contributed by atoms with Gasteiger partial charge in [0.05, 0.1) is 16.7 Å². The van der Waals surface area contributed by atoms with Crippen molar-refractivity contribution in [3.63, 3.8) is 0 Å². The first-order chi connectivity index (χ1) is 13.5. The molecule has 3 rings (SSSR count). The Morgan fingerprint density at radius 2 is 2.03 bits per heavy atom. The first-order valence-electron chi connectivity index (χ1n) is 8.22. The molecule has 0 aliphatic heterocycles. The van der Waals surface area contributed by atoms with Crippen LogP contribution in [-0.2, 0) is 12.0 Å². The van der Waals surface area contributed by atoms with Crippen molar-refractivity contribution in [3.8, 4) is 11.5 Å². The first-order valence-corrected chi connectivity index (χ1v) is 9.01. The number of carbonyl (C=O) groups excluding carboxylic acids is 1. The van der Waals surface area contributed by atoms with Crippen LogP contribution in [0, 0.1) is 6.92 Å². The Morgan fingerprint density at radius 3 is 2.69 bits per heavy atom. The minimum Gasteiger partial charge on any atom is -0.350 e. The molecule has 0 aromatic carbocycles. The molecular weight excluding hydrogens is 459 g/mol. The van der Waals surface area contributed by atoms with Crippen molar-refractivity contribution in [2.45, 2.75) is 38.9 Å². The number of nitrogens with zero attached hydrogens (tertiary/aromatic N) is 5. The number of hydrogen-bond donors (Lipinski definition) is 2. The van der Waals surface area contributed by atoms with E-state index in [1.165, 1.54) is 6.07 Å². The number of rotatable bonds is 5. The summed E-state index contributed by atoms with van der Waals surface area (Å²) in [6.45, 7) is 3.54. The van der Waals surface area contributed by atoms with Crippen LogP contribution < -0.4 is 5.32 Å². The van der Waals surface area contributed by atoms with E-state index in [2.05, 4.69) is 51.6 Å². The lowest BCUT2D eigenvalue weighted by Gasteiger charge is -2.24. The molecule has 13 heteroatoms. The van der Waals surface area contributed by atoms with Crippen molar-refractivity contribution in [1.29, 1.82) is 0 Å². The third kappa shape index (κ3) is 4.28. The lowest BCUT2D eigenvalue weighted by Crippen LogP contribution is -2.37. The highest BCUT2D eigenvalue weighted by atomic mass is 79.9. The van der Waals surface area contributed by atoms with Crippen LogP contribution in [-0.4, -0.2) is 42.4 Å². The zero-order chi connectivity index (χ0) is 21.4. The summed E-state index contributed by atoms with van der Waals surface area (Å²) >= 11 is 3.29. The van der Waals surface area contributed by atoms with Gasteiger partial charge in [-0.2, -0.15) is 18.3 Å². The number of halogens is 4. The van der Waals surface area contributed by atoms with Crippen LogP contribution in [0.2, 0.25) is 0 Å². The molecule has 0 saturated heterocycles. The van der Waals surface area contributed by atoms with Crippen LogP contribution >= 0.6 is 15.9 Å². The fourth-order valence-electron chi connectivity index (χ4n) is 2.10. The molecular formula is C16H15BrF3N7O2. The average molecular weight is 474 g/mol. The number of H-pyrrole nitrogens is 1. The minimum absolute atomic E-state index is 0.0669. The van der Waals surface area contributed by atoms with E-state index in [9.17, 15) is 18.0 Å². The van der Waals surface area contributed by atoms with Gasteiger partial charge in [0.15, 0.2) is 17.3 Å². The number of carbonyl (C=O) groups is 1. The Balaban J connectivity index is 1.66. The summed E-state index contributed by atoms with van der Waals surface area (Å²) in [6.07, 6.45) is -2.96. The lowest BCUT2D eigenvalue weighted by atomic mass is 9.92. The van der Waals surface area contributed by atoms with Crippen molar-refractivity contribution in [2.24, 2.45) is 0 Å². The van der Waals surface area contributed by atoms with Crippen LogP contribution in [0.5, 0.6) is 0 Å². The Hall–Kier alpha value is -2.83. The van der Waals surface area contributed by atoms with Gasteiger partial charge in [0.1, 0.15) is 11.2 Å². The summed E-state index contributed by atoms with van der Waals surface area (Å²) < 4.78 is 44.9. The van der Waals surface area contributed by atoms with Gasteiger partial charge in [-0.05, 0) is 36.7 Å². The first kappa shape index (κ1) is 20.9. The van der Waals surface area contributed by atoms with Gasteiger partial charge in [-0.1, -0.05) is 5.16 Å². The molecule has 1 amide bonds. The molecule has 0 bridgehead atoms. The monoisotopic (exact) mass is 473 g/mol. The molecule has 0 fully saturated rings. The number of aromatic amines is 1. The standard InChI is InChI=1S/C16H15BrF3N7O2/c1-7-8(17)5-21-12(23-7)9-4-10(29-27-9)13(28)22-6-11-24-14(26-25-11)15(2,3)16(18,19)20/h4-5H,6H2,1-3H3,(H,22,28)(H,24,25,26). The SMILES string of the molecule is Cc1nc(-c2cc(C(=O)NCc3nc(C(C)(C)C(F)(F)F)n[nH]3)on2)ncc1Br. The van der Waals surface area contributed by atoms with E-state index >= 15 is 0 Å². The summed E-state index contributed by atoms with van der Waals surface area (Å²) in [5.41, 5.74) is -1.28. The van der Waals surface area contributed by atoms with Crippen LogP contribution in [0.15, 0.2) is 21.3 Å². The van der Waals surface area contributed by atoms with E-state index in [0.29, 0.717) is 5.69 Å². The number of hydrogen-bond acceptors (Lipinski definition) is 7. The van der Waals surface area contributed by atoms with E-state index in [1.54, 1.807) is 13.1 Å². The topological polar surface area (TPSA) is 122 Å². The molecule has 0 aliphatic carbocycles. The molecule has 0 spiro atoms. The van der Waals surface area contributed by atoms with Crippen molar-refractivity contribution in [2.75, 3.05) is 0 Å². The van der Waals surface area contributed by atoms with Crippen molar-refractivity contribution in [1.82, 2.24) is 35.6 Å². The summed E-state index contributed by atoms with van der Waals surface area (Å²) in [4.78, 5) is 24.3. The maximum Gasteiger partial charge on any atom is 0.401 e. The molecule has 0 atom stereocenters. The molecule has 3 aromatic rings. The molecule has 0 radical (unpaired) electrons. The zero-order valence-electron chi connectivity index (χ0n) is 15.4. The predicted molar refractivity (Wildman–Crippen MR) is 96.6 cm³/mol. The second-order valence-corrected chi connectivity index (χ2v) is 7.47. The van der Waals surface area contributed by atoms with Crippen molar-refractivity contribution in [3.05, 3.63) is 39.8 Å². The van der Waals surface area contributed by atoms with Gasteiger partial charge in [0, 0.05) is 12.3 Å². The predicted octanol–water partition coefficient (Wildman–Crippen LogP) is 3.09. The van der Waals surface area contributed by atoms with E-state index in [1.807, 2.05) is 0 Å². The Bertz CT molecular complexity index is 1050. The third-order valence-corrected chi connectivity index (χ3v) is 4.88. The maximum atomic E-state index is 13.1. The van der Waals surface area contributed by atoms with Crippen LogP contribution in [0.25, 0.3) is 11.5 Å². The third-order valence-electron chi connectivity index (χ3n) is 4.10. The largest absolute Gasteiger partial charge is 0.401 e. The van der Waals surface area contributed by atoms with E-state index in [0.717, 1.165) is 18.3 Å². The summed E-state index contributed by atoms with van der Waals surface area (Å²) in [6, 6.07) is 1.36. The minimum atomic E-state index is -4.51. The van der Waals surface area contributed by atoms with Gasteiger partial charge in [0.25, 0.3) is 5.91 Å². The zero-order valence-corrected chi connectivity index (χ0v) is 17.0. The summed E-state index contributed by atoms with van der Waals surface area (Å²) in [5.74, 6) is -0.816. The van der Waals surface area contributed by atoms with Gasteiger partial charge in [-0.15, -0.1) is 0 Å². The fourth-order valence-corrected chi connectivity index (χ4v) is 2.29. The molecule has 29 heavy (non-hydrogen) atoms. The normalized spacial score (nSPS) is 12.2. The van der Waals surface area contributed by atoms with Gasteiger partial charge in [-0.3, -0.25) is 9.89 Å².